The van der Waals surface area contributed by atoms with Crippen LogP contribution in [0.25, 0.3) is 22.4 Å². The predicted octanol–water partition coefficient (Wildman–Crippen LogP) is 3.11. The maximum atomic E-state index is 5.59. The molecule has 0 unspecified atom stereocenters. The van der Waals surface area contributed by atoms with Crippen LogP contribution < -0.4 is 5.73 Å². The Hall–Kier alpha value is -2.30. The van der Waals surface area contributed by atoms with Crippen LogP contribution in [0.15, 0.2) is 28.8 Å². The Balaban J connectivity index is 2.17. The van der Waals surface area contributed by atoms with E-state index in [9.17, 15) is 0 Å². The summed E-state index contributed by atoms with van der Waals surface area (Å²) in [6, 6.07) is 7.77. The topological polar surface area (TPSA) is 69.9 Å². The number of hydrogen-bond donors (Lipinski definition) is 1. The first-order valence-corrected chi connectivity index (χ1v) is 6.56. The Kier molecular flexibility index (Phi) is 2.61. The van der Waals surface area contributed by atoms with Gasteiger partial charge in [0.2, 0.25) is 0 Å². The number of fused-ring (bicyclic) bond motifs is 1. The van der Waals surface area contributed by atoms with Gasteiger partial charge in [0, 0.05) is 24.1 Å². The SMILES string of the molecule is Cn1c(C(C)(C)C)nc2cc(-c3cc(N)no3)ccc21. The molecular weight excluding hydrogens is 252 g/mol. The van der Waals surface area contributed by atoms with Crippen molar-refractivity contribution in [1.82, 2.24) is 14.7 Å². The summed E-state index contributed by atoms with van der Waals surface area (Å²) in [4.78, 5) is 4.75. The lowest BCUT2D eigenvalue weighted by molar-refractivity contribution is 0.436. The lowest BCUT2D eigenvalue weighted by Crippen LogP contribution is -2.17. The van der Waals surface area contributed by atoms with Gasteiger partial charge in [0.05, 0.1) is 11.0 Å². The Bertz CT molecular complexity index is 777. The fourth-order valence-corrected chi connectivity index (χ4v) is 2.45. The Morgan fingerprint density at radius 3 is 2.55 bits per heavy atom. The van der Waals surface area contributed by atoms with E-state index in [2.05, 4.69) is 30.5 Å². The molecule has 0 saturated heterocycles. The number of nitrogen functional groups attached to an aromatic ring is 1. The molecule has 1 aromatic carbocycles. The summed E-state index contributed by atoms with van der Waals surface area (Å²) >= 11 is 0. The number of aryl methyl sites for hydroxylation is 1. The normalized spacial score (nSPS) is 12.2. The molecule has 2 N–H and O–H groups in total. The second kappa shape index (κ2) is 4.10. The van der Waals surface area contributed by atoms with Crippen molar-refractivity contribution in [1.29, 1.82) is 0 Å². The molecule has 0 saturated carbocycles. The summed E-state index contributed by atoms with van der Waals surface area (Å²) in [6.45, 7) is 6.48. The molecule has 0 radical (unpaired) electrons. The highest BCUT2D eigenvalue weighted by molar-refractivity contribution is 5.82. The van der Waals surface area contributed by atoms with Crippen molar-refractivity contribution in [3.63, 3.8) is 0 Å². The van der Waals surface area contributed by atoms with E-state index in [0.29, 0.717) is 11.6 Å². The van der Waals surface area contributed by atoms with Crippen molar-refractivity contribution in [2.45, 2.75) is 26.2 Å². The van der Waals surface area contributed by atoms with Crippen LogP contribution >= 0.6 is 0 Å². The summed E-state index contributed by atoms with van der Waals surface area (Å²) in [7, 11) is 2.04. The summed E-state index contributed by atoms with van der Waals surface area (Å²) in [5.41, 5.74) is 8.58. The summed E-state index contributed by atoms with van der Waals surface area (Å²) in [5, 5.41) is 3.71. The Morgan fingerprint density at radius 2 is 1.95 bits per heavy atom. The quantitative estimate of drug-likeness (QED) is 0.737. The highest BCUT2D eigenvalue weighted by Gasteiger charge is 2.21. The van der Waals surface area contributed by atoms with Gasteiger partial charge in [-0.15, -0.1) is 0 Å². The van der Waals surface area contributed by atoms with Gasteiger partial charge < -0.3 is 14.8 Å². The van der Waals surface area contributed by atoms with Crippen molar-refractivity contribution in [3.05, 3.63) is 30.1 Å². The van der Waals surface area contributed by atoms with E-state index < -0.39 is 0 Å². The van der Waals surface area contributed by atoms with Gasteiger partial charge >= 0.3 is 0 Å². The maximum absolute atomic E-state index is 5.59. The standard InChI is InChI=1S/C15H18N4O/c1-15(2,3)14-17-10-7-9(5-6-11(10)19(14)4)12-8-13(16)18-20-12/h5-8H,1-4H3,(H2,16,18). The number of imidazole rings is 1. The smallest absolute Gasteiger partial charge is 0.169 e. The van der Waals surface area contributed by atoms with Crippen LogP contribution in [-0.4, -0.2) is 14.7 Å². The van der Waals surface area contributed by atoms with Gasteiger partial charge in [0.25, 0.3) is 0 Å². The molecule has 3 rings (SSSR count). The van der Waals surface area contributed by atoms with E-state index in [-0.39, 0.29) is 5.41 Å². The molecule has 0 aliphatic heterocycles. The fourth-order valence-electron chi connectivity index (χ4n) is 2.45. The van der Waals surface area contributed by atoms with Crippen LogP contribution in [0.5, 0.6) is 0 Å². The van der Waals surface area contributed by atoms with Gasteiger partial charge in [-0.1, -0.05) is 25.9 Å². The Labute approximate surface area is 117 Å². The van der Waals surface area contributed by atoms with Crippen LogP contribution in [0.4, 0.5) is 5.82 Å². The Morgan fingerprint density at radius 1 is 1.20 bits per heavy atom. The van der Waals surface area contributed by atoms with Crippen molar-refractivity contribution in [2.75, 3.05) is 5.73 Å². The van der Waals surface area contributed by atoms with Gasteiger partial charge in [0.15, 0.2) is 11.6 Å². The average molecular weight is 270 g/mol. The minimum Gasteiger partial charge on any atom is -0.381 e. The number of anilines is 1. The molecule has 0 aliphatic rings. The monoisotopic (exact) mass is 270 g/mol. The molecule has 20 heavy (non-hydrogen) atoms. The third kappa shape index (κ3) is 1.95. The molecule has 5 heteroatoms. The van der Waals surface area contributed by atoms with Crippen LogP contribution in [0.3, 0.4) is 0 Å². The predicted molar refractivity (Wildman–Crippen MR) is 79.3 cm³/mol. The minimum atomic E-state index is 0.00456. The molecule has 5 nitrogen and oxygen atoms in total. The maximum Gasteiger partial charge on any atom is 0.169 e. The highest BCUT2D eigenvalue weighted by Crippen LogP contribution is 2.29. The van der Waals surface area contributed by atoms with Gasteiger partial charge in [0.1, 0.15) is 5.82 Å². The second-order valence-corrected chi connectivity index (χ2v) is 6.06. The van der Waals surface area contributed by atoms with E-state index >= 15 is 0 Å². The molecule has 2 aromatic heterocycles. The summed E-state index contributed by atoms with van der Waals surface area (Å²) < 4.78 is 7.33. The van der Waals surface area contributed by atoms with Crippen molar-refractivity contribution in [2.24, 2.45) is 7.05 Å². The summed E-state index contributed by atoms with van der Waals surface area (Å²) in [6.07, 6.45) is 0. The van der Waals surface area contributed by atoms with E-state index in [1.807, 2.05) is 25.2 Å². The van der Waals surface area contributed by atoms with E-state index in [1.54, 1.807) is 6.07 Å². The molecule has 3 aromatic rings. The van der Waals surface area contributed by atoms with Crippen LogP contribution in [0.2, 0.25) is 0 Å². The van der Waals surface area contributed by atoms with Crippen molar-refractivity contribution >= 4 is 16.9 Å². The van der Waals surface area contributed by atoms with Crippen molar-refractivity contribution < 1.29 is 4.52 Å². The van der Waals surface area contributed by atoms with Gasteiger partial charge in [-0.2, -0.15) is 0 Å². The highest BCUT2D eigenvalue weighted by atomic mass is 16.5. The number of nitrogens with two attached hydrogens (primary N) is 1. The number of rotatable bonds is 1. The zero-order valence-electron chi connectivity index (χ0n) is 12.1. The zero-order valence-corrected chi connectivity index (χ0v) is 12.1. The van der Waals surface area contributed by atoms with Crippen molar-refractivity contribution in [3.8, 4) is 11.3 Å². The molecule has 0 spiro atoms. The number of benzene rings is 1. The number of aromatic nitrogens is 3. The zero-order chi connectivity index (χ0) is 14.5. The molecule has 2 heterocycles. The number of hydrogen-bond acceptors (Lipinski definition) is 4. The van der Waals surface area contributed by atoms with E-state index in [1.165, 1.54) is 0 Å². The number of nitrogens with zero attached hydrogens (tertiary/aromatic N) is 3. The van der Waals surface area contributed by atoms with Gasteiger partial charge in [-0.3, -0.25) is 0 Å². The van der Waals surface area contributed by atoms with E-state index in [0.717, 1.165) is 22.4 Å². The largest absolute Gasteiger partial charge is 0.381 e. The first kappa shape index (κ1) is 12.7. The minimum absolute atomic E-state index is 0.00456. The lowest BCUT2D eigenvalue weighted by Gasteiger charge is -2.17. The third-order valence-corrected chi connectivity index (χ3v) is 3.36. The van der Waals surface area contributed by atoms with Crippen LogP contribution in [0, 0.1) is 0 Å². The molecule has 0 atom stereocenters. The van der Waals surface area contributed by atoms with Crippen LogP contribution in [0.1, 0.15) is 26.6 Å². The molecule has 104 valence electrons. The second-order valence-electron chi connectivity index (χ2n) is 6.06. The first-order valence-electron chi connectivity index (χ1n) is 6.56. The molecule has 0 aliphatic carbocycles. The van der Waals surface area contributed by atoms with E-state index in [4.69, 9.17) is 15.2 Å². The fraction of sp³-hybridized carbons (Fsp3) is 0.333. The van der Waals surface area contributed by atoms with Gasteiger partial charge in [-0.05, 0) is 18.2 Å². The molecule has 0 bridgehead atoms. The van der Waals surface area contributed by atoms with Gasteiger partial charge in [-0.25, -0.2) is 4.98 Å². The van der Waals surface area contributed by atoms with Crippen LogP contribution in [-0.2, 0) is 12.5 Å². The first-order chi connectivity index (χ1) is 9.36. The third-order valence-electron chi connectivity index (χ3n) is 3.36. The lowest BCUT2D eigenvalue weighted by atomic mass is 9.96. The molecule has 0 amide bonds. The average Bonchev–Trinajstić information content (AvgIpc) is 2.93. The molecular formula is C15H18N4O. The summed E-state index contributed by atoms with van der Waals surface area (Å²) in [5.74, 6) is 2.10. The molecule has 0 fully saturated rings.